The Morgan fingerprint density at radius 3 is 2.55 bits per heavy atom. The summed E-state index contributed by atoms with van der Waals surface area (Å²) in [6, 6.07) is 9.69. The van der Waals surface area contributed by atoms with Gasteiger partial charge < -0.3 is 4.74 Å². The van der Waals surface area contributed by atoms with Crippen molar-refractivity contribution in [2.24, 2.45) is 0 Å². The molecule has 1 fully saturated rings. The smallest absolute Gasteiger partial charge is 0.163 e. The van der Waals surface area contributed by atoms with E-state index in [0.717, 1.165) is 5.56 Å². The number of nitrogens with zero attached hydrogens (tertiary/aromatic N) is 1. The van der Waals surface area contributed by atoms with E-state index in [9.17, 15) is 4.21 Å². The summed E-state index contributed by atoms with van der Waals surface area (Å²) in [5.41, 5.74) is 0.569. The van der Waals surface area contributed by atoms with Gasteiger partial charge in [-0.2, -0.15) is 0 Å². The van der Waals surface area contributed by atoms with Crippen LogP contribution in [0.15, 0.2) is 30.3 Å². The van der Waals surface area contributed by atoms with Gasteiger partial charge in [0.25, 0.3) is 0 Å². The molecule has 0 saturated carbocycles. The number of hydrogen-bond acceptors (Lipinski definition) is 5. The minimum atomic E-state index is -1.43. The first-order valence-electron chi connectivity index (χ1n) is 7.11. The Hall–Kier alpha value is -0.860. The number of methoxy groups -OCH3 is 1. The zero-order chi connectivity index (χ0) is 16.4. The quantitative estimate of drug-likeness (QED) is 0.765. The maximum atomic E-state index is 13.4. The van der Waals surface area contributed by atoms with Crippen LogP contribution in [0.4, 0.5) is 0 Å². The molecule has 0 radical (unpaired) electrons. The second-order valence-corrected chi connectivity index (χ2v) is 7.79. The van der Waals surface area contributed by atoms with Crippen LogP contribution in [0, 0.1) is 0 Å². The molecular formula is C15H23N3O2S2. The van der Waals surface area contributed by atoms with Crippen molar-refractivity contribution in [1.29, 1.82) is 0 Å². The summed E-state index contributed by atoms with van der Waals surface area (Å²) in [7, 11) is 1.98. The highest BCUT2D eigenvalue weighted by Gasteiger charge is 2.46. The van der Waals surface area contributed by atoms with Crippen molar-refractivity contribution in [1.82, 2.24) is 14.9 Å². The fraction of sp³-hybridized carbons (Fsp3) is 0.533. The van der Waals surface area contributed by atoms with Gasteiger partial charge in [-0.1, -0.05) is 42.5 Å². The topological polar surface area (TPSA) is 53.6 Å². The monoisotopic (exact) mass is 341 g/mol. The summed E-state index contributed by atoms with van der Waals surface area (Å²) >= 11 is 5.51. The van der Waals surface area contributed by atoms with Gasteiger partial charge in [0.05, 0.1) is 18.8 Å². The number of rotatable bonds is 6. The zero-order valence-corrected chi connectivity index (χ0v) is 15.0. The highest BCUT2D eigenvalue weighted by molar-refractivity contribution is 7.87. The van der Waals surface area contributed by atoms with Gasteiger partial charge in [-0.25, -0.2) is 4.21 Å². The van der Waals surface area contributed by atoms with E-state index in [2.05, 4.69) is 10.6 Å². The number of thiocarbonyl (C=S) groups is 1. The Bertz CT molecular complexity index is 565. The van der Waals surface area contributed by atoms with Crippen molar-refractivity contribution in [3.8, 4) is 0 Å². The molecule has 1 heterocycles. The molecule has 2 atom stereocenters. The van der Waals surface area contributed by atoms with Crippen LogP contribution in [0.1, 0.15) is 19.4 Å². The van der Waals surface area contributed by atoms with Gasteiger partial charge in [0.15, 0.2) is 4.87 Å². The maximum Gasteiger partial charge on any atom is 0.163 e. The molecule has 122 valence electrons. The first-order valence-corrected chi connectivity index (χ1v) is 8.63. The van der Waals surface area contributed by atoms with Gasteiger partial charge in [0, 0.05) is 7.11 Å². The van der Waals surface area contributed by atoms with Crippen LogP contribution in [-0.2, 0) is 20.6 Å². The van der Waals surface area contributed by atoms with Crippen molar-refractivity contribution < 1.29 is 8.95 Å². The van der Waals surface area contributed by atoms with Crippen molar-refractivity contribution in [2.75, 3.05) is 27.4 Å². The molecule has 0 aromatic heterocycles. The van der Waals surface area contributed by atoms with Crippen LogP contribution in [-0.4, -0.2) is 46.5 Å². The molecule has 2 unspecified atom stereocenters. The van der Waals surface area contributed by atoms with E-state index in [1.165, 1.54) is 0 Å². The number of ether oxygens (including phenoxy) is 1. The summed E-state index contributed by atoms with van der Waals surface area (Å²) < 4.78 is 20.5. The Balaban J connectivity index is 2.42. The lowest BCUT2D eigenvalue weighted by Gasteiger charge is -2.36. The summed E-state index contributed by atoms with van der Waals surface area (Å²) in [4.78, 5) is -0.195. The van der Waals surface area contributed by atoms with Crippen LogP contribution in [0.5, 0.6) is 0 Å². The molecule has 0 aliphatic carbocycles. The summed E-state index contributed by atoms with van der Waals surface area (Å²) in [5.74, 6) is 0. The number of hydrogen-bond donors (Lipinski definition) is 2. The molecule has 1 aliphatic rings. The Morgan fingerprint density at radius 1 is 1.45 bits per heavy atom. The van der Waals surface area contributed by atoms with Crippen LogP contribution in [0.2, 0.25) is 0 Å². The molecule has 1 aliphatic heterocycles. The first kappa shape index (κ1) is 17.5. The van der Waals surface area contributed by atoms with E-state index in [0.29, 0.717) is 11.7 Å². The number of likely N-dealkylation sites (N-methyl/N-ethyl adjacent to an activating group) is 1. The lowest BCUT2D eigenvalue weighted by Crippen LogP contribution is -2.54. The Morgan fingerprint density at radius 2 is 2.09 bits per heavy atom. The molecule has 2 rings (SSSR count). The lowest BCUT2D eigenvalue weighted by atomic mass is 10.1. The Kier molecular flexibility index (Phi) is 5.34. The van der Waals surface area contributed by atoms with Gasteiger partial charge in [0.1, 0.15) is 16.0 Å². The SMILES string of the molecule is CNC(COC)(c1ccccc1)S(=O)N1CNC(C)(C)C1=S. The molecule has 1 aromatic carbocycles. The zero-order valence-electron chi connectivity index (χ0n) is 13.4. The first-order chi connectivity index (χ1) is 10.4. The summed E-state index contributed by atoms with van der Waals surface area (Å²) in [6.45, 7) is 4.72. The number of nitrogens with one attached hydrogen (secondary N) is 2. The molecular weight excluding hydrogens is 318 g/mol. The van der Waals surface area contributed by atoms with E-state index in [1.54, 1.807) is 18.5 Å². The molecule has 0 spiro atoms. The summed E-state index contributed by atoms with van der Waals surface area (Å²) in [5, 5.41) is 6.49. The fourth-order valence-corrected chi connectivity index (χ4v) is 4.51. The molecule has 22 heavy (non-hydrogen) atoms. The highest BCUT2D eigenvalue weighted by Crippen LogP contribution is 2.31. The van der Waals surface area contributed by atoms with Crippen LogP contribution in [0.3, 0.4) is 0 Å². The highest BCUT2D eigenvalue weighted by atomic mass is 32.2. The second kappa shape index (κ2) is 6.72. The largest absolute Gasteiger partial charge is 0.381 e. The van der Waals surface area contributed by atoms with Gasteiger partial charge >= 0.3 is 0 Å². The van der Waals surface area contributed by atoms with Crippen molar-refractivity contribution in [3.05, 3.63) is 35.9 Å². The van der Waals surface area contributed by atoms with Gasteiger partial charge in [-0.05, 0) is 26.5 Å². The lowest BCUT2D eigenvalue weighted by molar-refractivity contribution is 0.153. The molecule has 7 heteroatoms. The summed E-state index contributed by atoms with van der Waals surface area (Å²) in [6.07, 6.45) is 0. The predicted molar refractivity (Wildman–Crippen MR) is 93.7 cm³/mol. The normalized spacial score (nSPS) is 21.6. The third kappa shape index (κ3) is 2.96. The molecule has 0 amide bonds. The standard InChI is InChI=1S/C15H23N3O2S2/c1-14(2)13(21)18(11-17-14)22(19)15(16-3,10-20-4)12-8-6-5-7-9-12/h5-9,16-17H,10-11H2,1-4H3. The Labute approximate surface area is 140 Å². The third-order valence-electron chi connectivity index (χ3n) is 3.92. The van der Waals surface area contributed by atoms with E-state index < -0.39 is 15.9 Å². The second-order valence-electron chi connectivity index (χ2n) is 5.77. The molecule has 0 bridgehead atoms. The van der Waals surface area contributed by atoms with Gasteiger partial charge in [-0.15, -0.1) is 0 Å². The average molecular weight is 342 g/mol. The fourth-order valence-electron chi connectivity index (χ4n) is 2.50. The predicted octanol–water partition coefficient (Wildman–Crippen LogP) is 1.34. The minimum Gasteiger partial charge on any atom is -0.381 e. The average Bonchev–Trinajstić information content (AvgIpc) is 2.79. The maximum absolute atomic E-state index is 13.4. The molecule has 5 nitrogen and oxygen atoms in total. The van der Waals surface area contributed by atoms with E-state index >= 15 is 0 Å². The molecule has 1 aromatic rings. The molecule has 1 saturated heterocycles. The van der Waals surface area contributed by atoms with Crippen molar-refractivity contribution >= 4 is 28.2 Å². The van der Waals surface area contributed by atoms with Crippen molar-refractivity contribution in [3.63, 3.8) is 0 Å². The van der Waals surface area contributed by atoms with Gasteiger partial charge in [0.2, 0.25) is 0 Å². The van der Waals surface area contributed by atoms with Crippen molar-refractivity contribution in [2.45, 2.75) is 24.3 Å². The minimum absolute atomic E-state index is 0.277. The number of benzene rings is 1. The van der Waals surface area contributed by atoms with E-state index in [-0.39, 0.29) is 12.1 Å². The molecule has 2 N–H and O–H groups in total. The van der Waals surface area contributed by atoms with E-state index in [4.69, 9.17) is 17.0 Å². The van der Waals surface area contributed by atoms with Gasteiger partial charge in [-0.3, -0.25) is 14.9 Å². The van der Waals surface area contributed by atoms with Crippen LogP contribution in [0.25, 0.3) is 0 Å². The third-order valence-corrected chi connectivity index (χ3v) is 6.63. The van der Waals surface area contributed by atoms with Crippen LogP contribution >= 0.6 is 12.2 Å². The van der Waals surface area contributed by atoms with Crippen LogP contribution < -0.4 is 10.6 Å². The van der Waals surface area contributed by atoms with E-state index in [1.807, 2.05) is 44.2 Å².